The SMILES string of the molecule is COc1ccc(C(=O)N[C@@H](C(=O)NC2CCCc3ccccc32)C(C)C)cc1. The Kier molecular flexibility index (Phi) is 6.34. The fourth-order valence-electron chi connectivity index (χ4n) is 3.67. The summed E-state index contributed by atoms with van der Waals surface area (Å²) in [6, 6.07) is 14.5. The molecule has 1 aliphatic carbocycles. The summed E-state index contributed by atoms with van der Waals surface area (Å²) in [5, 5.41) is 6.05. The van der Waals surface area contributed by atoms with Crippen LogP contribution < -0.4 is 15.4 Å². The van der Waals surface area contributed by atoms with Crippen molar-refractivity contribution < 1.29 is 14.3 Å². The largest absolute Gasteiger partial charge is 0.497 e. The Morgan fingerprint density at radius 3 is 2.46 bits per heavy atom. The Hall–Kier alpha value is -2.82. The number of nitrogens with one attached hydrogen (secondary N) is 2. The van der Waals surface area contributed by atoms with E-state index in [-0.39, 0.29) is 23.8 Å². The molecular weight excluding hydrogens is 352 g/mol. The Morgan fingerprint density at radius 1 is 1.07 bits per heavy atom. The summed E-state index contributed by atoms with van der Waals surface area (Å²) in [6.45, 7) is 3.88. The molecule has 0 heterocycles. The molecule has 3 rings (SSSR count). The lowest BCUT2D eigenvalue weighted by Crippen LogP contribution is -2.50. The van der Waals surface area contributed by atoms with Crippen molar-refractivity contribution in [2.45, 2.75) is 45.2 Å². The molecule has 0 fully saturated rings. The number of rotatable bonds is 6. The third-order valence-corrected chi connectivity index (χ3v) is 5.27. The topological polar surface area (TPSA) is 67.4 Å². The molecule has 2 amide bonds. The number of hydrogen-bond donors (Lipinski definition) is 2. The van der Waals surface area contributed by atoms with Crippen molar-refractivity contribution in [3.8, 4) is 5.75 Å². The van der Waals surface area contributed by atoms with Crippen LogP contribution in [0.2, 0.25) is 0 Å². The molecule has 2 N–H and O–H groups in total. The van der Waals surface area contributed by atoms with Crippen LogP contribution in [-0.2, 0) is 11.2 Å². The van der Waals surface area contributed by atoms with E-state index in [0.29, 0.717) is 11.3 Å². The van der Waals surface area contributed by atoms with E-state index in [1.807, 2.05) is 26.0 Å². The van der Waals surface area contributed by atoms with Gasteiger partial charge in [-0.25, -0.2) is 0 Å². The summed E-state index contributed by atoms with van der Waals surface area (Å²) in [5.41, 5.74) is 2.98. The van der Waals surface area contributed by atoms with Crippen LogP contribution in [0.5, 0.6) is 5.75 Å². The lowest BCUT2D eigenvalue weighted by molar-refractivity contribution is -0.124. The molecule has 2 atom stereocenters. The third-order valence-electron chi connectivity index (χ3n) is 5.27. The third kappa shape index (κ3) is 4.53. The maximum atomic E-state index is 13.0. The van der Waals surface area contributed by atoms with Crippen LogP contribution in [0.3, 0.4) is 0 Å². The molecule has 28 heavy (non-hydrogen) atoms. The molecule has 0 radical (unpaired) electrons. The van der Waals surface area contributed by atoms with Crippen LogP contribution in [-0.4, -0.2) is 25.0 Å². The second-order valence-corrected chi connectivity index (χ2v) is 7.58. The number of hydrogen-bond acceptors (Lipinski definition) is 3. The van der Waals surface area contributed by atoms with Crippen molar-refractivity contribution >= 4 is 11.8 Å². The van der Waals surface area contributed by atoms with E-state index < -0.39 is 6.04 Å². The molecule has 1 aliphatic rings. The summed E-state index contributed by atoms with van der Waals surface area (Å²) in [5.74, 6) is 0.255. The quantitative estimate of drug-likeness (QED) is 0.804. The van der Waals surface area contributed by atoms with E-state index in [0.717, 1.165) is 19.3 Å². The maximum Gasteiger partial charge on any atom is 0.251 e. The van der Waals surface area contributed by atoms with Crippen molar-refractivity contribution in [3.05, 3.63) is 65.2 Å². The van der Waals surface area contributed by atoms with Crippen molar-refractivity contribution in [3.63, 3.8) is 0 Å². The number of fused-ring (bicyclic) bond motifs is 1. The minimum absolute atomic E-state index is 0.00316. The van der Waals surface area contributed by atoms with Crippen LogP contribution in [0, 0.1) is 5.92 Å². The average molecular weight is 380 g/mol. The molecule has 148 valence electrons. The van der Waals surface area contributed by atoms with Gasteiger partial charge in [0.05, 0.1) is 13.2 Å². The first-order valence-electron chi connectivity index (χ1n) is 9.82. The van der Waals surface area contributed by atoms with Gasteiger partial charge in [0.25, 0.3) is 5.91 Å². The van der Waals surface area contributed by atoms with Gasteiger partial charge in [0, 0.05) is 5.56 Å². The monoisotopic (exact) mass is 380 g/mol. The minimum Gasteiger partial charge on any atom is -0.497 e. The number of carbonyl (C=O) groups is 2. The zero-order chi connectivity index (χ0) is 20.1. The van der Waals surface area contributed by atoms with Crippen LogP contribution in [0.15, 0.2) is 48.5 Å². The minimum atomic E-state index is -0.594. The van der Waals surface area contributed by atoms with E-state index in [2.05, 4.69) is 22.8 Å². The van der Waals surface area contributed by atoms with Crippen molar-refractivity contribution in [1.29, 1.82) is 0 Å². The summed E-state index contributed by atoms with van der Waals surface area (Å²) in [7, 11) is 1.58. The first-order chi connectivity index (χ1) is 13.5. The summed E-state index contributed by atoms with van der Waals surface area (Å²) >= 11 is 0. The molecule has 5 nitrogen and oxygen atoms in total. The molecule has 0 aromatic heterocycles. The van der Waals surface area contributed by atoms with Crippen molar-refractivity contribution in [2.75, 3.05) is 7.11 Å². The summed E-state index contributed by atoms with van der Waals surface area (Å²) < 4.78 is 5.12. The number of benzene rings is 2. The maximum absolute atomic E-state index is 13.0. The van der Waals surface area contributed by atoms with Gasteiger partial charge in [0.15, 0.2) is 0 Å². The van der Waals surface area contributed by atoms with Crippen molar-refractivity contribution in [2.24, 2.45) is 5.92 Å². The van der Waals surface area contributed by atoms with Gasteiger partial charge >= 0.3 is 0 Å². The predicted molar refractivity (Wildman–Crippen MR) is 109 cm³/mol. The summed E-state index contributed by atoms with van der Waals surface area (Å²) in [4.78, 5) is 25.6. The number of ether oxygens (including phenoxy) is 1. The highest BCUT2D eigenvalue weighted by atomic mass is 16.5. The van der Waals surface area contributed by atoms with E-state index in [4.69, 9.17) is 4.74 Å². The van der Waals surface area contributed by atoms with Gasteiger partial charge in [-0.2, -0.15) is 0 Å². The fraction of sp³-hybridized carbons (Fsp3) is 0.391. The number of methoxy groups -OCH3 is 1. The molecule has 0 spiro atoms. The molecular formula is C23H28N2O3. The van der Waals surface area contributed by atoms with Crippen molar-refractivity contribution in [1.82, 2.24) is 10.6 Å². The molecule has 0 aliphatic heterocycles. The highest BCUT2D eigenvalue weighted by molar-refractivity contribution is 5.97. The molecule has 0 saturated heterocycles. The van der Waals surface area contributed by atoms with Crippen LogP contribution in [0.25, 0.3) is 0 Å². The first kappa shape index (κ1) is 19.9. The van der Waals surface area contributed by atoms with Gasteiger partial charge in [-0.1, -0.05) is 38.1 Å². The van der Waals surface area contributed by atoms with Gasteiger partial charge in [-0.05, 0) is 60.6 Å². The summed E-state index contributed by atoms with van der Waals surface area (Å²) in [6.07, 6.45) is 3.01. The standard InChI is InChI=1S/C23H28N2O3/c1-15(2)21(25-22(26)17-11-13-18(28-3)14-12-17)23(27)24-20-10-6-8-16-7-4-5-9-19(16)20/h4-5,7,9,11-15,20-21H,6,8,10H2,1-3H3,(H,24,27)(H,25,26)/t20?,21-/m1/s1. The first-order valence-corrected chi connectivity index (χ1v) is 9.82. The Bertz CT molecular complexity index is 830. The van der Waals surface area contributed by atoms with Crippen LogP contribution in [0.4, 0.5) is 0 Å². The Morgan fingerprint density at radius 2 is 1.79 bits per heavy atom. The molecule has 1 unspecified atom stereocenters. The van der Waals surface area contributed by atoms with Crippen LogP contribution in [0.1, 0.15) is 54.2 Å². The fourth-order valence-corrected chi connectivity index (χ4v) is 3.67. The second kappa shape index (κ2) is 8.91. The van der Waals surface area contributed by atoms with Gasteiger partial charge in [0.1, 0.15) is 11.8 Å². The highest BCUT2D eigenvalue weighted by Crippen LogP contribution is 2.29. The average Bonchev–Trinajstić information content (AvgIpc) is 2.71. The number of amides is 2. The number of aryl methyl sites for hydroxylation is 1. The van der Waals surface area contributed by atoms with E-state index in [1.54, 1.807) is 31.4 Å². The lowest BCUT2D eigenvalue weighted by Gasteiger charge is -2.29. The normalized spacial score (nSPS) is 16.8. The smallest absolute Gasteiger partial charge is 0.251 e. The molecule has 0 saturated carbocycles. The molecule has 5 heteroatoms. The van der Waals surface area contributed by atoms with Gasteiger partial charge in [-0.15, -0.1) is 0 Å². The lowest BCUT2D eigenvalue weighted by atomic mass is 9.87. The Balaban J connectivity index is 1.70. The highest BCUT2D eigenvalue weighted by Gasteiger charge is 2.28. The van der Waals surface area contributed by atoms with E-state index >= 15 is 0 Å². The van der Waals surface area contributed by atoms with Gasteiger partial charge < -0.3 is 15.4 Å². The molecule has 2 aromatic rings. The second-order valence-electron chi connectivity index (χ2n) is 7.58. The molecule has 0 bridgehead atoms. The Labute approximate surface area is 166 Å². The van der Waals surface area contributed by atoms with Crippen LogP contribution >= 0.6 is 0 Å². The van der Waals surface area contributed by atoms with E-state index in [1.165, 1.54) is 11.1 Å². The van der Waals surface area contributed by atoms with E-state index in [9.17, 15) is 9.59 Å². The number of carbonyl (C=O) groups excluding carboxylic acids is 2. The van der Waals surface area contributed by atoms with Gasteiger partial charge in [-0.3, -0.25) is 9.59 Å². The zero-order valence-corrected chi connectivity index (χ0v) is 16.7. The zero-order valence-electron chi connectivity index (χ0n) is 16.7. The van der Waals surface area contributed by atoms with Gasteiger partial charge in [0.2, 0.25) is 5.91 Å². The predicted octanol–water partition coefficient (Wildman–Crippen LogP) is 3.64. The molecule has 2 aromatic carbocycles.